The van der Waals surface area contributed by atoms with E-state index >= 15 is 0 Å². The number of halogens is 3. The molecule has 4 rings (SSSR count). The average molecular weight is 501 g/mol. The largest absolute Gasteiger partial charge is 0.375 e. The molecule has 0 aromatic rings. The van der Waals surface area contributed by atoms with Crippen molar-refractivity contribution in [1.29, 1.82) is 0 Å². The van der Waals surface area contributed by atoms with Gasteiger partial charge in [0.05, 0.1) is 12.2 Å². The van der Waals surface area contributed by atoms with Gasteiger partial charge in [-0.15, -0.1) is 0 Å². The topological polar surface area (TPSA) is 18.5 Å². The zero-order valence-electron chi connectivity index (χ0n) is 22.3. The van der Waals surface area contributed by atoms with Crippen molar-refractivity contribution in [2.75, 3.05) is 13.2 Å². The van der Waals surface area contributed by atoms with Gasteiger partial charge in [-0.05, 0) is 68.6 Å². The highest BCUT2D eigenvalue weighted by Crippen LogP contribution is 2.46. The van der Waals surface area contributed by atoms with Crippen LogP contribution < -0.4 is 0 Å². The van der Waals surface area contributed by atoms with Crippen LogP contribution in [0, 0.1) is 35.5 Å². The van der Waals surface area contributed by atoms with Crippen LogP contribution in [0.4, 0.5) is 13.2 Å². The smallest absolute Gasteiger partial charge is 0.157 e. The predicted molar refractivity (Wildman–Crippen MR) is 136 cm³/mol. The molecule has 4 saturated carbocycles. The van der Waals surface area contributed by atoms with Crippen molar-refractivity contribution in [2.24, 2.45) is 35.5 Å². The monoisotopic (exact) mass is 500 g/mol. The second kappa shape index (κ2) is 13.5. The van der Waals surface area contributed by atoms with Crippen LogP contribution in [0.3, 0.4) is 0 Å². The Balaban J connectivity index is 1.14. The Hall–Kier alpha value is -0.290. The van der Waals surface area contributed by atoms with E-state index in [9.17, 15) is 13.2 Å². The van der Waals surface area contributed by atoms with Gasteiger partial charge in [0, 0.05) is 19.1 Å². The first-order valence-electron chi connectivity index (χ1n) is 15.1. The van der Waals surface area contributed by atoms with Crippen LogP contribution in [0.5, 0.6) is 0 Å². The zero-order valence-corrected chi connectivity index (χ0v) is 22.3. The van der Waals surface area contributed by atoms with E-state index in [1.807, 2.05) is 6.92 Å². The van der Waals surface area contributed by atoms with Crippen molar-refractivity contribution in [3.63, 3.8) is 0 Å². The van der Waals surface area contributed by atoms with Gasteiger partial charge in [0.25, 0.3) is 0 Å². The predicted octanol–water partition coefficient (Wildman–Crippen LogP) is 8.41. The minimum absolute atomic E-state index is 0.138. The van der Waals surface area contributed by atoms with Crippen molar-refractivity contribution in [2.45, 2.75) is 141 Å². The Morgan fingerprint density at radius 1 is 0.571 bits per heavy atom. The van der Waals surface area contributed by atoms with Crippen LogP contribution in [0.1, 0.15) is 110 Å². The maximum absolute atomic E-state index is 15.0. The maximum atomic E-state index is 15.0. The molecule has 2 nitrogen and oxygen atoms in total. The normalized spacial score (nSPS) is 44.7. The first-order chi connectivity index (χ1) is 17.0. The molecule has 4 aliphatic carbocycles. The number of hydrogen-bond acceptors (Lipinski definition) is 2. The fraction of sp³-hybridized carbons (Fsp3) is 1.00. The van der Waals surface area contributed by atoms with Gasteiger partial charge in [-0.2, -0.15) is 0 Å². The Bertz CT molecular complexity index is 600. The molecule has 0 aromatic carbocycles. The fourth-order valence-corrected chi connectivity index (χ4v) is 7.98. The molecule has 7 unspecified atom stereocenters. The third-order valence-corrected chi connectivity index (χ3v) is 10.2. The molecule has 0 aromatic heterocycles. The molecule has 0 spiro atoms. The first-order valence-corrected chi connectivity index (χ1v) is 15.1. The van der Waals surface area contributed by atoms with E-state index in [4.69, 9.17) is 9.47 Å². The van der Waals surface area contributed by atoms with Crippen molar-refractivity contribution in [1.82, 2.24) is 0 Å². The summed E-state index contributed by atoms with van der Waals surface area (Å²) in [7, 11) is 0. The lowest BCUT2D eigenvalue weighted by molar-refractivity contribution is -0.153. The molecule has 0 bridgehead atoms. The number of ether oxygens (including phenoxy) is 2. The molecule has 0 heterocycles. The molecule has 5 heteroatoms. The standard InChI is InChI=1S/C30H51F3O2/c1-3-5-20-6-8-21(9-7-20)10-11-22-12-14-23(15-13-22)19-35-26-18-24-16-17-25(34-4-2)28(31)27(24)30(33)29(26)32/h20-30H,3-19H2,1-2H3. The molecule has 0 amide bonds. The Morgan fingerprint density at radius 3 is 1.71 bits per heavy atom. The van der Waals surface area contributed by atoms with Crippen LogP contribution in [0.2, 0.25) is 0 Å². The first kappa shape index (κ1) is 27.7. The second-order valence-corrected chi connectivity index (χ2v) is 12.5. The summed E-state index contributed by atoms with van der Waals surface area (Å²) >= 11 is 0. The van der Waals surface area contributed by atoms with Gasteiger partial charge < -0.3 is 9.47 Å². The molecule has 7 atom stereocenters. The van der Waals surface area contributed by atoms with Crippen molar-refractivity contribution < 1.29 is 22.6 Å². The summed E-state index contributed by atoms with van der Waals surface area (Å²) in [5.74, 6) is 2.21. The Morgan fingerprint density at radius 2 is 1.14 bits per heavy atom. The molecule has 0 saturated heterocycles. The van der Waals surface area contributed by atoms with E-state index in [-0.39, 0.29) is 5.92 Å². The van der Waals surface area contributed by atoms with E-state index in [2.05, 4.69) is 6.92 Å². The van der Waals surface area contributed by atoms with E-state index < -0.39 is 36.6 Å². The summed E-state index contributed by atoms with van der Waals surface area (Å²) in [6.07, 6.45) is 11.6. The van der Waals surface area contributed by atoms with Gasteiger partial charge in [0.1, 0.15) is 12.3 Å². The van der Waals surface area contributed by atoms with Crippen LogP contribution in [-0.2, 0) is 9.47 Å². The van der Waals surface area contributed by atoms with E-state index in [1.54, 1.807) is 0 Å². The number of rotatable bonds is 10. The third kappa shape index (κ3) is 7.18. The third-order valence-electron chi connectivity index (χ3n) is 10.2. The fourth-order valence-electron chi connectivity index (χ4n) is 7.98. The van der Waals surface area contributed by atoms with Crippen LogP contribution >= 0.6 is 0 Å². The highest BCUT2D eigenvalue weighted by atomic mass is 19.2. The quantitative estimate of drug-likeness (QED) is 0.300. The van der Waals surface area contributed by atoms with Gasteiger partial charge in [0.15, 0.2) is 6.17 Å². The molecule has 204 valence electrons. The van der Waals surface area contributed by atoms with Crippen LogP contribution in [0.25, 0.3) is 0 Å². The van der Waals surface area contributed by atoms with Crippen molar-refractivity contribution in [3.05, 3.63) is 0 Å². The van der Waals surface area contributed by atoms with E-state index in [0.29, 0.717) is 38.4 Å². The second-order valence-electron chi connectivity index (χ2n) is 12.5. The van der Waals surface area contributed by atoms with Gasteiger partial charge in [0.2, 0.25) is 0 Å². The maximum Gasteiger partial charge on any atom is 0.157 e. The highest BCUT2D eigenvalue weighted by Gasteiger charge is 2.53. The van der Waals surface area contributed by atoms with E-state index in [1.165, 1.54) is 64.2 Å². The molecule has 35 heavy (non-hydrogen) atoms. The van der Waals surface area contributed by atoms with Crippen LogP contribution in [0.15, 0.2) is 0 Å². The minimum atomic E-state index is -1.79. The Labute approximate surface area is 212 Å². The number of fused-ring (bicyclic) bond motifs is 1. The van der Waals surface area contributed by atoms with Crippen molar-refractivity contribution in [3.8, 4) is 0 Å². The average Bonchev–Trinajstić information content (AvgIpc) is 2.87. The summed E-state index contributed by atoms with van der Waals surface area (Å²) in [4.78, 5) is 0. The number of hydrogen-bond donors (Lipinski definition) is 0. The van der Waals surface area contributed by atoms with Gasteiger partial charge in [-0.3, -0.25) is 0 Å². The van der Waals surface area contributed by atoms with Gasteiger partial charge in [-0.25, -0.2) is 13.2 Å². The summed E-state index contributed by atoms with van der Waals surface area (Å²) in [5.41, 5.74) is 0. The highest BCUT2D eigenvalue weighted by molar-refractivity contribution is 5.01. The minimum Gasteiger partial charge on any atom is -0.375 e. The van der Waals surface area contributed by atoms with E-state index in [0.717, 1.165) is 30.6 Å². The molecular weight excluding hydrogens is 449 g/mol. The Kier molecular flexibility index (Phi) is 10.7. The lowest BCUT2D eigenvalue weighted by Gasteiger charge is -2.47. The molecular formula is C30H51F3O2. The molecule has 0 radical (unpaired) electrons. The lowest BCUT2D eigenvalue weighted by atomic mass is 9.66. The zero-order chi connectivity index (χ0) is 24.8. The number of alkyl halides is 3. The summed E-state index contributed by atoms with van der Waals surface area (Å²) < 4.78 is 56.3. The SMILES string of the molecule is CCCC1CCC(CCC2CCC(COC3CC4CCC(OCC)C(F)C4C(F)C3F)CC2)CC1. The molecule has 0 aliphatic heterocycles. The molecule has 0 N–H and O–H groups in total. The van der Waals surface area contributed by atoms with Gasteiger partial charge in [-0.1, -0.05) is 71.1 Å². The lowest BCUT2D eigenvalue weighted by Crippen LogP contribution is -2.55. The molecule has 4 aliphatic rings. The molecule has 4 fully saturated rings. The summed E-state index contributed by atoms with van der Waals surface area (Å²) in [5, 5.41) is 0. The summed E-state index contributed by atoms with van der Waals surface area (Å²) in [6.45, 7) is 5.07. The van der Waals surface area contributed by atoms with Crippen LogP contribution in [-0.4, -0.2) is 43.9 Å². The summed E-state index contributed by atoms with van der Waals surface area (Å²) in [6, 6.07) is 0. The van der Waals surface area contributed by atoms with Gasteiger partial charge >= 0.3 is 0 Å². The van der Waals surface area contributed by atoms with Crippen molar-refractivity contribution >= 4 is 0 Å².